The van der Waals surface area contributed by atoms with Crippen LogP contribution in [0, 0.1) is 13.8 Å². The van der Waals surface area contributed by atoms with Gasteiger partial charge in [-0.3, -0.25) is 4.79 Å². The standard InChI is InChI=1S/C22H34N4O2S/c1-17-14-18(2)16-20(15-17)23-22(29)26(9-8-24-10-12-28-13-11-24)21-4-6-25(7-5-21)19(3)27/h14-16,21H,4-13H2,1-3H3,(H,23,29)/p+1. The average Bonchev–Trinajstić information content (AvgIpc) is 2.68. The lowest BCUT2D eigenvalue weighted by molar-refractivity contribution is -0.907. The van der Waals surface area contributed by atoms with Crippen molar-refractivity contribution in [2.75, 3.05) is 57.8 Å². The third-order valence-electron chi connectivity index (χ3n) is 5.99. The van der Waals surface area contributed by atoms with Crippen LogP contribution in [0.2, 0.25) is 0 Å². The highest BCUT2D eigenvalue weighted by molar-refractivity contribution is 7.80. The first-order chi connectivity index (χ1) is 13.9. The molecule has 160 valence electrons. The van der Waals surface area contributed by atoms with Gasteiger partial charge in [-0.1, -0.05) is 6.07 Å². The van der Waals surface area contributed by atoms with Gasteiger partial charge >= 0.3 is 0 Å². The topological polar surface area (TPSA) is 49.3 Å². The van der Waals surface area contributed by atoms with Crippen molar-refractivity contribution in [2.24, 2.45) is 0 Å². The molecule has 0 unspecified atom stereocenters. The number of anilines is 1. The summed E-state index contributed by atoms with van der Waals surface area (Å²) < 4.78 is 5.50. The van der Waals surface area contributed by atoms with Gasteiger partial charge in [0.15, 0.2) is 5.11 Å². The third kappa shape index (κ3) is 6.39. The largest absolute Gasteiger partial charge is 0.370 e. The van der Waals surface area contributed by atoms with Crippen molar-refractivity contribution >= 4 is 28.9 Å². The number of nitrogens with zero attached hydrogens (tertiary/aromatic N) is 2. The molecule has 0 spiro atoms. The van der Waals surface area contributed by atoms with Crippen molar-refractivity contribution in [1.82, 2.24) is 9.80 Å². The lowest BCUT2D eigenvalue weighted by Gasteiger charge is -2.40. The van der Waals surface area contributed by atoms with Crippen molar-refractivity contribution in [3.05, 3.63) is 29.3 Å². The first-order valence-electron chi connectivity index (χ1n) is 10.7. The van der Waals surface area contributed by atoms with Crippen LogP contribution in [0.5, 0.6) is 0 Å². The maximum Gasteiger partial charge on any atom is 0.219 e. The Morgan fingerprint density at radius 1 is 1.21 bits per heavy atom. The number of morpholine rings is 1. The molecule has 29 heavy (non-hydrogen) atoms. The molecule has 0 saturated carbocycles. The molecule has 0 bridgehead atoms. The molecule has 6 nitrogen and oxygen atoms in total. The summed E-state index contributed by atoms with van der Waals surface area (Å²) in [5, 5.41) is 4.28. The summed E-state index contributed by atoms with van der Waals surface area (Å²) in [6.07, 6.45) is 1.93. The van der Waals surface area contributed by atoms with Crippen LogP contribution >= 0.6 is 12.2 Å². The number of benzene rings is 1. The van der Waals surface area contributed by atoms with Gasteiger partial charge in [-0.15, -0.1) is 0 Å². The fourth-order valence-electron chi connectivity index (χ4n) is 4.37. The van der Waals surface area contributed by atoms with E-state index in [4.69, 9.17) is 17.0 Å². The van der Waals surface area contributed by atoms with Gasteiger partial charge in [0.1, 0.15) is 13.1 Å². The van der Waals surface area contributed by atoms with Crippen molar-refractivity contribution in [3.8, 4) is 0 Å². The fourth-order valence-corrected chi connectivity index (χ4v) is 4.73. The van der Waals surface area contributed by atoms with Crippen LogP contribution in [0.3, 0.4) is 0 Å². The molecule has 1 aromatic carbocycles. The minimum Gasteiger partial charge on any atom is -0.370 e. The Morgan fingerprint density at radius 3 is 2.41 bits per heavy atom. The summed E-state index contributed by atoms with van der Waals surface area (Å²) in [5.41, 5.74) is 3.51. The Morgan fingerprint density at radius 2 is 1.83 bits per heavy atom. The van der Waals surface area contributed by atoms with E-state index in [2.05, 4.69) is 42.3 Å². The molecule has 2 aliphatic rings. The van der Waals surface area contributed by atoms with Crippen LogP contribution in [0.1, 0.15) is 30.9 Å². The molecule has 0 aliphatic carbocycles. The molecule has 2 aliphatic heterocycles. The fraction of sp³-hybridized carbons (Fsp3) is 0.636. The summed E-state index contributed by atoms with van der Waals surface area (Å²) in [6, 6.07) is 6.83. The second-order valence-corrected chi connectivity index (χ2v) is 8.74. The van der Waals surface area contributed by atoms with E-state index < -0.39 is 0 Å². The molecule has 2 fully saturated rings. The number of carbonyl (C=O) groups is 1. The SMILES string of the molecule is CC(=O)N1CCC(N(CC[NH+]2CCOCC2)C(=S)Nc2cc(C)cc(C)c2)CC1. The van der Waals surface area contributed by atoms with Gasteiger partial charge in [0.05, 0.1) is 26.3 Å². The molecule has 7 heteroatoms. The molecular formula is C22H35N4O2S+. The molecule has 0 atom stereocenters. The number of rotatable bonds is 5. The number of ether oxygens (including phenoxy) is 1. The number of piperidine rings is 1. The zero-order valence-electron chi connectivity index (χ0n) is 18.0. The summed E-state index contributed by atoms with van der Waals surface area (Å²) in [5.74, 6) is 0.170. The number of carbonyl (C=O) groups excluding carboxylic acids is 1. The van der Waals surface area contributed by atoms with Crippen LogP contribution < -0.4 is 10.2 Å². The van der Waals surface area contributed by atoms with Crippen molar-refractivity contribution < 1.29 is 14.4 Å². The minimum atomic E-state index is 0.170. The lowest BCUT2D eigenvalue weighted by atomic mass is 10.0. The summed E-state index contributed by atoms with van der Waals surface area (Å²) in [6.45, 7) is 13.3. The van der Waals surface area contributed by atoms with Gasteiger partial charge in [0.2, 0.25) is 5.91 Å². The predicted octanol–water partition coefficient (Wildman–Crippen LogP) is 1.23. The Balaban J connectivity index is 1.67. The van der Waals surface area contributed by atoms with Crippen LogP contribution in [0.25, 0.3) is 0 Å². The smallest absolute Gasteiger partial charge is 0.219 e. The van der Waals surface area contributed by atoms with E-state index in [1.54, 1.807) is 11.8 Å². The Kier molecular flexibility index (Phi) is 7.86. The number of hydrogen-bond acceptors (Lipinski definition) is 3. The Hall–Kier alpha value is -1.70. The first kappa shape index (κ1) is 22.0. The summed E-state index contributed by atoms with van der Waals surface area (Å²) in [7, 11) is 0. The van der Waals surface area contributed by atoms with Gasteiger partial charge in [0.25, 0.3) is 0 Å². The Bertz CT molecular complexity index is 693. The minimum absolute atomic E-state index is 0.170. The number of likely N-dealkylation sites (tertiary alicyclic amines) is 1. The van der Waals surface area contributed by atoms with Gasteiger partial charge in [-0.05, 0) is 62.2 Å². The maximum absolute atomic E-state index is 11.7. The summed E-state index contributed by atoms with van der Waals surface area (Å²) in [4.78, 5) is 17.6. The van der Waals surface area contributed by atoms with Crippen molar-refractivity contribution in [2.45, 2.75) is 39.7 Å². The van der Waals surface area contributed by atoms with Crippen LogP contribution in [0.15, 0.2) is 18.2 Å². The third-order valence-corrected chi connectivity index (χ3v) is 6.33. The van der Waals surface area contributed by atoms with E-state index >= 15 is 0 Å². The van der Waals surface area contributed by atoms with E-state index in [0.29, 0.717) is 6.04 Å². The van der Waals surface area contributed by atoms with Gasteiger partial charge in [0, 0.05) is 31.7 Å². The highest BCUT2D eigenvalue weighted by Gasteiger charge is 2.28. The van der Waals surface area contributed by atoms with E-state index in [1.165, 1.54) is 11.1 Å². The molecule has 0 radical (unpaired) electrons. The van der Waals surface area contributed by atoms with Crippen molar-refractivity contribution in [3.63, 3.8) is 0 Å². The highest BCUT2D eigenvalue weighted by Crippen LogP contribution is 2.19. The zero-order valence-corrected chi connectivity index (χ0v) is 18.8. The van der Waals surface area contributed by atoms with Gasteiger partial charge < -0.3 is 24.8 Å². The highest BCUT2D eigenvalue weighted by atomic mass is 32.1. The predicted molar refractivity (Wildman–Crippen MR) is 121 cm³/mol. The number of thiocarbonyl (C=S) groups is 1. The average molecular weight is 420 g/mol. The lowest BCUT2D eigenvalue weighted by Crippen LogP contribution is -3.14. The van der Waals surface area contributed by atoms with Crippen LogP contribution in [-0.2, 0) is 9.53 Å². The van der Waals surface area contributed by atoms with Crippen molar-refractivity contribution in [1.29, 1.82) is 0 Å². The quantitative estimate of drug-likeness (QED) is 0.703. The molecule has 2 heterocycles. The maximum atomic E-state index is 11.7. The van der Waals surface area contributed by atoms with E-state index in [0.717, 1.165) is 76.1 Å². The zero-order chi connectivity index (χ0) is 20.8. The van der Waals surface area contributed by atoms with Crippen LogP contribution in [-0.4, -0.2) is 79.3 Å². The number of nitrogens with one attached hydrogen (secondary N) is 2. The van der Waals surface area contributed by atoms with E-state index in [1.807, 2.05) is 4.90 Å². The number of hydrogen-bond donors (Lipinski definition) is 2. The molecule has 3 rings (SSSR count). The molecule has 2 N–H and O–H groups in total. The summed E-state index contributed by atoms with van der Waals surface area (Å²) >= 11 is 5.87. The van der Waals surface area contributed by atoms with E-state index in [-0.39, 0.29) is 5.91 Å². The molecule has 2 saturated heterocycles. The molecule has 1 amide bonds. The van der Waals surface area contributed by atoms with Gasteiger partial charge in [-0.25, -0.2) is 0 Å². The molecule has 0 aromatic heterocycles. The second kappa shape index (κ2) is 10.4. The van der Waals surface area contributed by atoms with Gasteiger partial charge in [-0.2, -0.15) is 0 Å². The molecule has 1 aromatic rings. The first-order valence-corrected chi connectivity index (χ1v) is 11.2. The van der Waals surface area contributed by atoms with Crippen LogP contribution in [0.4, 0.5) is 5.69 Å². The number of quaternary nitrogens is 1. The second-order valence-electron chi connectivity index (χ2n) is 8.35. The normalized spacial score (nSPS) is 18.5. The number of aryl methyl sites for hydroxylation is 2. The molecular weight excluding hydrogens is 384 g/mol. The Labute approximate surface area is 180 Å². The number of amides is 1. The van der Waals surface area contributed by atoms with E-state index in [9.17, 15) is 4.79 Å². The monoisotopic (exact) mass is 419 g/mol.